The van der Waals surface area contributed by atoms with Gasteiger partial charge in [0, 0.05) is 5.92 Å². The monoisotopic (exact) mass is 294 g/mol. The standard InChI is InChI=1S/C7H9ClO.C6H14O4/c8-7(9)6-4-2-1-3-5-6;7-1-3-9-5-6-10-4-2-8/h1-2,6H,3-5H2;7-8H,1-6H2. The molecule has 0 amide bonds. The predicted molar refractivity (Wildman–Crippen MR) is 73.2 cm³/mol. The first kappa shape index (κ1) is 18.5. The normalized spacial score (nSPS) is 17.7. The molecule has 1 unspecified atom stereocenters. The lowest BCUT2D eigenvalue weighted by atomic mass is 9.96. The van der Waals surface area contributed by atoms with E-state index in [1.54, 1.807) is 0 Å². The van der Waals surface area contributed by atoms with Crippen LogP contribution in [0.1, 0.15) is 19.3 Å². The van der Waals surface area contributed by atoms with Gasteiger partial charge in [-0.05, 0) is 30.9 Å². The molecule has 0 saturated carbocycles. The zero-order valence-corrected chi connectivity index (χ0v) is 11.8. The van der Waals surface area contributed by atoms with Crippen molar-refractivity contribution in [2.24, 2.45) is 5.92 Å². The van der Waals surface area contributed by atoms with Crippen molar-refractivity contribution in [1.82, 2.24) is 0 Å². The van der Waals surface area contributed by atoms with E-state index < -0.39 is 0 Å². The van der Waals surface area contributed by atoms with Crippen LogP contribution in [0.15, 0.2) is 12.2 Å². The number of hydrogen-bond donors (Lipinski definition) is 2. The summed E-state index contributed by atoms with van der Waals surface area (Å²) in [7, 11) is 0. The largest absolute Gasteiger partial charge is 0.394 e. The summed E-state index contributed by atoms with van der Waals surface area (Å²) in [6, 6.07) is 0. The van der Waals surface area contributed by atoms with Crippen LogP contribution in [-0.2, 0) is 14.3 Å². The lowest BCUT2D eigenvalue weighted by Gasteiger charge is -2.11. The summed E-state index contributed by atoms with van der Waals surface area (Å²) in [6.07, 6.45) is 6.88. The summed E-state index contributed by atoms with van der Waals surface area (Å²) in [4.78, 5) is 10.5. The van der Waals surface area contributed by atoms with Crippen molar-refractivity contribution >= 4 is 16.8 Å². The van der Waals surface area contributed by atoms with Crippen molar-refractivity contribution in [3.63, 3.8) is 0 Å². The number of rotatable bonds is 8. The first-order valence-electron chi connectivity index (χ1n) is 6.44. The highest BCUT2D eigenvalue weighted by molar-refractivity contribution is 6.64. The van der Waals surface area contributed by atoms with Gasteiger partial charge in [-0.3, -0.25) is 4.79 Å². The Bertz CT molecular complexity index is 237. The molecular formula is C13H23ClO5. The van der Waals surface area contributed by atoms with Gasteiger partial charge in [0.1, 0.15) is 0 Å². The summed E-state index contributed by atoms with van der Waals surface area (Å²) in [5.41, 5.74) is 0. The molecule has 1 atom stereocenters. The Morgan fingerprint density at radius 2 is 1.68 bits per heavy atom. The molecule has 2 N–H and O–H groups in total. The Hall–Kier alpha value is -0.460. The van der Waals surface area contributed by atoms with Crippen molar-refractivity contribution in [1.29, 1.82) is 0 Å². The summed E-state index contributed by atoms with van der Waals surface area (Å²) in [6.45, 7) is 1.73. The van der Waals surface area contributed by atoms with Gasteiger partial charge in [0.2, 0.25) is 5.24 Å². The number of aliphatic hydroxyl groups is 2. The third kappa shape index (κ3) is 12.3. The molecular weight excluding hydrogens is 272 g/mol. The quantitative estimate of drug-likeness (QED) is 0.398. The first-order chi connectivity index (χ1) is 9.22. The summed E-state index contributed by atoms with van der Waals surface area (Å²) in [5, 5.41) is 16.3. The Balaban J connectivity index is 0.000000342. The molecule has 0 aromatic heterocycles. The van der Waals surface area contributed by atoms with Crippen LogP contribution in [0.5, 0.6) is 0 Å². The minimum atomic E-state index is -0.181. The zero-order chi connectivity index (χ0) is 14.3. The van der Waals surface area contributed by atoms with E-state index in [9.17, 15) is 4.79 Å². The Morgan fingerprint density at radius 3 is 2.00 bits per heavy atom. The van der Waals surface area contributed by atoms with Gasteiger partial charge in [-0.1, -0.05) is 12.2 Å². The van der Waals surface area contributed by atoms with Gasteiger partial charge in [-0.25, -0.2) is 0 Å². The average molecular weight is 295 g/mol. The Labute approximate surface area is 119 Å². The number of ether oxygens (including phenoxy) is 2. The molecule has 5 nitrogen and oxygen atoms in total. The van der Waals surface area contributed by atoms with Gasteiger partial charge in [-0.15, -0.1) is 0 Å². The molecule has 1 aliphatic rings. The van der Waals surface area contributed by atoms with Crippen LogP contribution in [0, 0.1) is 5.92 Å². The summed E-state index contributed by atoms with van der Waals surface area (Å²) >= 11 is 5.28. The topological polar surface area (TPSA) is 76.0 Å². The molecule has 1 rings (SSSR count). The van der Waals surface area contributed by atoms with E-state index in [0.29, 0.717) is 26.4 Å². The van der Waals surface area contributed by atoms with Crippen LogP contribution in [0.2, 0.25) is 0 Å². The maximum Gasteiger partial charge on any atom is 0.225 e. The molecule has 0 aliphatic heterocycles. The highest BCUT2D eigenvalue weighted by Crippen LogP contribution is 2.19. The fourth-order valence-corrected chi connectivity index (χ4v) is 1.65. The van der Waals surface area contributed by atoms with E-state index >= 15 is 0 Å². The predicted octanol–water partition coefficient (Wildman–Crippen LogP) is 1.11. The third-order valence-electron chi connectivity index (χ3n) is 2.43. The molecule has 0 radical (unpaired) electrons. The molecule has 19 heavy (non-hydrogen) atoms. The number of hydrogen-bond acceptors (Lipinski definition) is 5. The highest BCUT2D eigenvalue weighted by Gasteiger charge is 2.15. The van der Waals surface area contributed by atoms with Gasteiger partial charge in [-0.2, -0.15) is 0 Å². The van der Waals surface area contributed by atoms with E-state index in [1.165, 1.54) is 0 Å². The maximum atomic E-state index is 10.5. The van der Waals surface area contributed by atoms with Crippen LogP contribution >= 0.6 is 11.6 Å². The molecule has 0 spiro atoms. The summed E-state index contributed by atoms with van der Waals surface area (Å²) in [5.74, 6) is 0.0941. The first-order valence-corrected chi connectivity index (χ1v) is 6.81. The molecule has 0 fully saturated rings. The molecule has 112 valence electrons. The second-order valence-corrected chi connectivity index (χ2v) is 4.33. The molecule has 0 aromatic carbocycles. The number of carbonyl (C=O) groups is 1. The van der Waals surface area contributed by atoms with E-state index in [2.05, 4.69) is 6.08 Å². The second-order valence-electron chi connectivity index (χ2n) is 3.96. The zero-order valence-electron chi connectivity index (χ0n) is 11.1. The SMILES string of the molecule is O=C(Cl)C1CC=CCC1.OCCOCCOCCO. The van der Waals surface area contributed by atoms with Crippen molar-refractivity contribution in [3.05, 3.63) is 12.2 Å². The third-order valence-corrected chi connectivity index (χ3v) is 2.74. The van der Waals surface area contributed by atoms with Crippen LogP contribution in [0.4, 0.5) is 0 Å². The maximum absolute atomic E-state index is 10.5. The Kier molecular flexibility index (Phi) is 13.6. The highest BCUT2D eigenvalue weighted by atomic mass is 35.5. The lowest BCUT2D eigenvalue weighted by molar-refractivity contribution is -0.115. The van der Waals surface area contributed by atoms with Gasteiger partial charge in [0.25, 0.3) is 0 Å². The van der Waals surface area contributed by atoms with Crippen LogP contribution in [-0.4, -0.2) is 55.1 Å². The van der Waals surface area contributed by atoms with Gasteiger partial charge >= 0.3 is 0 Å². The fraction of sp³-hybridized carbons (Fsp3) is 0.769. The number of carbonyl (C=O) groups excluding carboxylic acids is 1. The lowest BCUT2D eigenvalue weighted by Crippen LogP contribution is -2.09. The molecule has 0 bridgehead atoms. The minimum Gasteiger partial charge on any atom is -0.394 e. The van der Waals surface area contributed by atoms with Crippen molar-refractivity contribution in [2.75, 3.05) is 39.6 Å². The van der Waals surface area contributed by atoms with E-state index in [4.69, 9.17) is 31.3 Å². The van der Waals surface area contributed by atoms with Crippen LogP contribution in [0.3, 0.4) is 0 Å². The van der Waals surface area contributed by atoms with Crippen molar-refractivity contribution in [2.45, 2.75) is 19.3 Å². The van der Waals surface area contributed by atoms with Gasteiger partial charge in [0.05, 0.1) is 39.6 Å². The minimum absolute atomic E-state index is 0.0417. The molecule has 1 aliphatic carbocycles. The molecule has 0 heterocycles. The number of aliphatic hydroxyl groups excluding tert-OH is 2. The van der Waals surface area contributed by atoms with Crippen molar-refractivity contribution in [3.8, 4) is 0 Å². The van der Waals surface area contributed by atoms with E-state index in [-0.39, 0.29) is 24.4 Å². The summed E-state index contributed by atoms with van der Waals surface area (Å²) < 4.78 is 9.75. The van der Waals surface area contributed by atoms with Gasteiger partial charge < -0.3 is 19.7 Å². The number of halogens is 1. The Morgan fingerprint density at radius 1 is 1.11 bits per heavy atom. The number of allylic oxidation sites excluding steroid dienone is 2. The van der Waals surface area contributed by atoms with Crippen molar-refractivity contribution < 1.29 is 24.5 Å². The molecule has 0 saturated heterocycles. The average Bonchev–Trinajstić information content (AvgIpc) is 2.44. The smallest absolute Gasteiger partial charge is 0.225 e. The van der Waals surface area contributed by atoms with E-state index in [1.807, 2.05) is 6.08 Å². The molecule has 6 heteroatoms. The van der Waals surface area contributed by atoms with Gasteiger partial charge in [0.15, 0.2) is 0 Å². The van der Waals surface area contributed by atoms with Crippen LogP contribution < -0.4 is 0 Å². The van der Waals surface area contributed by atoms with E-state index in [0.717, 1.165) is 19.3 Å². The fourth-order valence-electron chi connectivity index (χ4n) is 1.45. The molecule has 0 aromatic rings. The second kappa shape index (κ2) is 14.0. The van der Waals surface area contributed by atoms with Crippen LogP contribution in [0.25, 0.3) is 0 Å².